The molecule has 196 valence electrons. The highest BCUT2D eigenvalue weighted by Crippen LogP contribution is 2.55. The molecule has 0 aliphatic rings. The van der Waals surface area contributed by atoms with Crippen LogP contribution in [0.5, 0.6) is 23.0 Å². The maximum Gasteiger partial charge on any atom is 0.181 e. The minimum Gasteiger partial charge on any atom is -0.452 e. The van der Waals surface area contributed by atoms with Crippen molar-refractivity contribution in [3.8, 4) is 43.9 Å². The molecule has 0 amide bonds. The van der Waals surface area contributed by atoms with Crippen LogP contribution in [0.15, 0.2) is 120 Å². The number of ether oxygens (including phenoxy) is 2. The first kappa shape index (κ1) is 24.3. The first-order valence-electron chi connectivity index (χ1n) is 13.1. The van der Waals surface area contributed by atoms with Crippen molar-refractivity contribution in [2.75, 3.05) is 0 Å². The largest absolute Gasteiger partial charge is 0.452 e. The van der Waals surface area contributed by atoms with E-state index >= 15 is 0 Å². The molecule has 0 unspecified atom stereocenters. The minimum atomic E-state index is 0.625. The molecule has 3 aromatic heterocycles. The van der Waals surface area contributed by atoms with Crippen LogP contribution in [-0.4, -0.2) is 8.75 Å². The molecule has 4 nitrogen and oxygen atoms in total. The number of fused-ring (bicyclic) bond motifs is 3. The smallest absolute Gasteiger partial charge is 0.181 e. The van der Waals surface area contributed by atoms with Gasteiger partial charge in [0.15, 0.2) is 11.5 Å². The van der Waals surface area contributed by atoms with Crippen molar-refractivity contribution < 1.29 is 9.47 Å². The summed E-state index contributed by atoms with van der Waals surface area (Å²) in [5, 5.41) is 8.40. The summed E-state index contributed by atoms with van der Waals surface area (Å²) < 4.78 is 23.6. The first-order chi connectivity index (χ1) is 20.3. The fourth-order valence-electron chi connectivity index (χ4n) is 5.24. The lowest BCUT2D eigenvalue weighted by molar-refractivity contribution is 0.427. The molecule has 5 aromatic carbocycles. The first-order valence-corrected chi connectivity index (χ1v) is 15.6. The lowest BCUT2D eigenvalue weighted by Gasteiger charge is -2.21. The highest BCUT2D eigenvalue weighted by Gasteiger charge is 2.29. The Balaban J connectivity index is 1.48. The number of hydrogen-bond acceptors (Lipinski definition) is 7. The van der Waals surface area contributed by atoms with Gasteiger partial charge in [-0.3, -0.25) is 0 Å². The predicted octanol–water partition coefficient (Wildman–Crippen LogP) is 11.0. The number of thiophene rings is 2. The Bertz CT molecular complexity index is 2000. The van der Waals surface area contributed by atoms with E-state index < -0.39 is 0 Å². The molecule has 0 aliphatic heterocycles. The Morgan fingerprint density at radius 3 is 1.39 bits per heavy atom. The van der Waals surface area contributed by atoms with Gasteiger partial charge in [-0.2, -0.15) is 8.75 Å². The number of aromatic nitrogens is 2. The summed E-state index contributed by atoms with van der Waals surface area (Å²) in [5.74, 6) is 2.76. The quantitative estimate of drug-likeness (QED) is 0.195. The average molecular weight is 585 g/mol. The molecule has 0 fully saturated rings. The van der Waals surface area contributed by atoms with Gasteiger partial charge in [-0.15, -0.1) is 22.7 Å². The second kappa shape index (κ2) is 10.1. The molecule has 0 radical (unpaired) electrons. The van der Waals surface area contributed by atoms with Crippen molar-refractivity contribution in [2.24, 2.45) is 0 Å². The van der Waals surface area contributed by atoms with Crippen molar-refractivity contribution in [1.82, 2.24) is 8.75 Å². The van der Waals surface area contributed by atoms with Gasteiger partial charge >= 0.3 is 0 Å². The van der Waals surface area contributed by atoms with Gasteiger partial charge in [-0.05, 0) is 45.8 Å². The van der Waals surface area contributed by atoms with Gasteiger partial charge < -0.3 is 9.47 Å². The van der Waals surface area contributed by atoms with Crippen molar-refractivity contribution in [1.29, 1.82) is 0 Å². The lowest BCUT2D eigenvalue weighted by atomic mass is 10.0. The Kier molecular flexibility index (Phi) is 5.99. The molecule has 3 heterocycles. The molecule has 8 aromatic rings. The number of hydrogen-bond donors (Lipinski definition) is 0. The van der Waals surface area contributed by atoms with Crippen LogP contribution in [0.25, 0.3) is 53.5 Å². The molecule has 0 atom stereocenters. The second-order valence-corrected chi connectivity index (χ2v) is 11.9. The van der Waals surface area contributed by atoms with E-state index in [1.807, 2.05) is 60.7 Å². The molecular formula is C34H20N2O2S3. The number of nitrogens with zero attached hydrogens (tertiary/aromatic N) is 2. The van der Waals surface area contributed by atoms with Crippen LogP contribution in [0.2, 0.25) is 0 Å². The highest BCUT2D eigenvalue weighted by atomic mass is 32.1. The van der Waals surface area contributed by atoms with E-state index in [0.717, 1.165) is 65.0 Å². The number of rotatable bonds is 6. The topological polar surface area (TPSA) is 44.2 Å². The Morgan fingerprint density at radius 2 is 0.927 bits per heavy atom. The molecular weight excluding hydrogens is 565 g/mol. The van der Waals surface area contributed by atoms with E-state index in [-0.39, 0.29) is 0 Å². The summed E-state index contributed by atoms with van der Waals surface area (Å²) >= 11 is 4.50. The van der Waals surface area contributed by atoms with Crippen molar-refractivity contribution in [3.63, 3.8) is 0 Å². The average Bonchev–Trinajstić information content (AvgIpc) is 3.82. The van der Waals surface area contributed by atoms with E-state index in [0.29, 0.717) is 11.5 Å². The number of benzene rings is 5. The Labute approximate surface area is 248 Å². The van der Waals surface area contributed by atoms with Gasteiger partial charge in [0.1, 0.15) is 22.5 Å². The van der Waals surface area contributed by atoms with E-state index in [9.17, 15) is 0 Å². The van der Waals surface area contributed by atoms with E-state index in [2.05, 4.69) is 59.3 Å². The van der Waals surface area contributed by atoms with E-state index in [1.54, 1.807) is 22.7 Å². The van der Waals surface area contributed by atoms with E-state index in [4.69, 9.17) is 18.2 Å². The zero-order chi connectivity index (χ0) is 27.2. The summed E-state index contributed by atoms with van der Waals surface area (Å²) in [5.41, 5.74) is 3.38. The van der Waals surface area contributed by atoms with Crippen molar-refractivity contribution >= 4 is 67.0 Å². The molecule has 0 aliphatic carbocycles. The second-order valence-electron chi connectivity index (χ2n) is 9.48. The zero-order valence-corrected chi connectivity index (χ0v) is 23.9. The van der Waals surface area contributed by atoms with Gasteiger partial charge in [0.25, 0.3) is 0 Å². The molecule has 0 bridgehead atoms. The van der Waals surface area contributed by atoms with Gasteiger partial charge in [0.05, 0.1) is 22.9 Å². The third-order valence-corrected chi connectivity index (χ3v) is 9.38. The highest BCUT2D eigenvalue weighted by molar-refractivity contribution is 7.14. The summed E-state index contributed by atoms with van der Waals surface area (Å²) in [4.78, 5) is 2.08. The van der Waals surface area contributed by atoms with Gasteiger partial charge in [-0.25, -0.2) is 0 Å². The Hall–Kier alpha value is -4.56. The summed E-state index contributed by atoms with van der Waals surface area (Å²) in [6, 6.07) is 37.1. The Morgan fingerprint density at radius 1 is 0.463 bits per heavy atom. The maximum atomic E-state index is 7.00. The fraction of sp³-hybridized carbons (Fsp3) is 0. The van der Waals surface area contributed by atoms with Crippen LogP contribution in [0.3, 0.4) is 0 Å². The molecule has 0 N–H and O–H groups in total. The van der Waals surface area contributed by atoms with Crippen LogP contribution < -0.4 is 9.47 Å². The van der Waals surface area contributed by atoms with Crippen LogP contribution in [-0.2, 0) is 0 Å². The lowest BCUT2D eigenvalue weighted by Crippen LogP contribution is -1.98. The van der Waals surface area contributed by atoms with E-state index in [1.165, 1.54) is 11.7 Å². The molecule has 0 saturated carbocycles. The fourth-order valence-corrected chi connectivity index (χ4v) is 7.34. The summed E-state index contributed by atoms with van der Waals surface area (Å²) in [6.07, 6.45) is 0. The minimum absolute atomic E-state index is 0.625. The van der Waals surface area contributed by atoms with Crippen LogP contribution in [0.1, 0.15) is 0 Å². The van der Waals surface area contributed by atoms with Gasteiger partial charge in [0, 0.05) is 20.5 Å². The third kappa shape index (κ3) is 4.17. The zero-order valence-electron chi connectivity index (χ0n) is 21.5. The summed E-state index contributed by atoms with van der Waals surface area (Å²) in [6.45, 7) is 0. The third-order valence-electron chi connectivity index (χ3n) is 7.08. The molecule has 8 rings (SSSR count). The maximum absolute atomic E-state index is 7.00. The summed E-state index contributed by atoms with van der Waals surface area (Å²) in [7, 11) is 0. The molecule has 7 heteroatoms. The predicted molar refractivity (Wildman–Crippen MR) is 172 cm³/mol. The van der Waals surface area contributed by atoms with Crippen molar-refractivity contribution in [3.05, 3.63) is 120 Å². The SMILES string of the molecule is c1csc(-c2c(Oc3cccc4ccccc34)c(Oc3cccc4ccccc34)c(-c3cccs3)c3nsnc23)c1. The van der Waals surface area contributed by atoms with Crippen LogP contribution >= 0.6 is 34.4 Å². The van der Waals surface area contributed by atoms with Crippen LogP contribution in [0, 0.1) is 0 Å². The van der Waals surface area contributed by atoms with Crippen LogP contribution in [0.4, 0.5) is 0 Å². The molecule has 0 spiro atoms. The monoisotopic (exact) mass is 584 g/mol. The molecule has 41 heavy (non-hydrogen) atoms. The van der Waals surface area contributed by atoms with Crippen molar-refractivity contribution in [2.45, 2.75) is 0 Å². The van der Waals surface area contributed by atoms with Gasteiger partial charge in [0.2, 0.25) is 0 Å². The standard InChI is InChI=1S/C34H20N2O2S3/c1-3-13-23-21(9-1)11-5-15-25(23)37-33-29(27-17-7-19-39-27)31-32(36-41-35-31)30(28-18-8-20-40-28)34(33)38-26-16-6-12-22-10-2-4-14-24(22)26/h1-20H. The van der Waals surface area contributed by atoms with Gasteiger partial charge in [-0.1, -0.05) is 84.9 Å². The molecule has 0 saturated heterocycles. The normalized spacial score (nSPS) is 11.4.